The molecular weight excluding hydrogens is 641 g/mol. The number of ether oxygens (including phenoxy) is 1. The molecule has 0 N–H and O–H groups in total. The molecular formula is C52H106O. The van der Waals surface area contributed by atoms with E-state index in [2.05, 4.69) is 27.7 Å². The van der Waals surface area contributed by atoms with E-state index in [1.807, 2.05) is 0 Å². The molecule has 0 aromatic rings. The van der Waals surface area contributed by atoms with E-state index in [-0.39, 0.29) is 0 Å². The van der Waals surface area contributed by atoms with Crippen LogP contribution in [0, 0.1) is 0 Å². The number of hydrogen-bond donors (Lipinski definition) is 0. The van der Waals surface area contributed by atoms with Crippen LogP contribution in [-0.2, 0) is 4.74 Å². The Hall–Kier alpha value is -0.0400. The van der Waals surface area contributed by atoms with E-state index in [4.69, 9.17) is 4.74 Å². The SMILES string of the molecule is CCCCCCCCCCCCCCCC(CCCCCCCCCC)OC(CCCCCCCCCC)CCCCCCCCCCCCCCC. The Morgan fingerprint density at radius 3 is 0.472 bits per heavy atom. The maximum atomic E-state index is 7.18. The third-order valence-electron chi connectivity index (χ3n) is 12.4. The average molecular weight is 747 g/mol. The molecule has 0 aliphatic rings. The molecule has 0 amide bonds. The fourth-order valence-corrected chi connectivity index (χ4v) is 8.62. The van der Waals surface area contributed by atoms with Crippen molar-refractivity contribution in [2.75, 3.05) is 0 Å². The highest BCUT2D eigenvalue weighted by Gasteiger charge is 2.17. The van der Waals surface area contributed by atoms with Crippen molar-refractivity contribution in [2.24, 2.45) is 0 Å². The molecule has 0 aromatic heterocycles. The van der Waals surface area contributed by atoms with E-state index in [1.165, 1.54) is 295 Å². The molecule has 0 spiro atoms. The van der Waals surface area contributed by atoms with Gasteiger partial charge in [0.2, 0.25) is 0 Å². The fourth-order valence-electron chi connectivity index (χ4n) is 8.62. The fraction of sp³-hybridized carbons (Fsp3) is 1.00. The minimum Gasteiger partial charge on any atom is -0.375 e. The highest BCUT2D eigenvalue weighted by atomic mass is 16.5. The molecule has 2 atom stereocenters. The Kier molecular flexibility index (Phi) is 48.1. The Morgan fingerprint density at radius 1 is 0.189 bits per heavy atom. The minimum atomic E-state index is 0.517. The molecule has 0 aliphatic heterocycles. The summed E-state index contributed by atoms with van der Waals surface area (Å²) >= 11 is 0. The van der Waals surface area contributed by atoms with Gasteiger partial charge in [-0.25, -0.2) is 0 Å². The van der Waals surface area contributed by atoms with Crippen LogP contribution in [0.2, 0.25) is 0 Å². The lowest BCUT2D eigenvalue weighted by atomic mass is 9.99. The van der Waals surface area contributed by atoms with Gasteiger partial charge >= 0.3 is 0 Å². The Morgan fingerprint density at radius 2 is 0.321 bits per heavy atom. The first-order valence-corrected chi connectivity index (χ1v) is 25.9. The van der Waals surface area contributed by atoms with E-state index in [1.54, 1.807) is 0 Å². The van der Waals surface area contributed by atoms with Gasteiger partial charge in [0.05, 0.1) is 12.2 Å². The quantitative estimate of drug-likeness (QED) is 0.0563. The first kappa shape index (κ1) is 53.0. The Balaban J connectivity index is 4.66. The van der Waals surface area contributed by atoms with Crippen molar-refractivity contribution in [1.29, 1.82) is 0 Å². The van der Waals surface area contributed by atoms with Gasteiger partial charge in [0, 0.05) is 0 Å². The van der Waals surface area contributed by atoms with Crippen molar-refractivity contribution in [3.8, 4) is 0 Å². The number of hydrogen-bond acceptors (Lipinski definition) is 1. The topological polar surface area (TPSA) is 9.23 Å². The van der Waals surface area contributed by atoms with Gasteiger partial charge < -0.3 is 4.74 Å². The highest BCUT2D eigenvalue weighted by Crippen LogP contribution is 2.24. The molecule has 2 unspecified atom stereocenters. The predicted molar refractivity (Wildman–Crippen MR) is 244 cm³/mol. The second-order valence-corrected chi connectivity index (χ2v) is 18.0. The van der Waals surface area contributed by atoms with Gasteiger partial charge in [0.25, 0.3) is 0 Å². The average Bonchev–Trinajstić information content (AvgIpc) is 3.17. The number of rotatable bonds is 48. The molecule has 1 nitrogen and oxygen atoms in total. The molecule has 0 aromatic carbocycles. The van der Waals surface area contributed by atoms with Crippen LogP contribution in [-0.4, -0.2) is 12.2 Å². The summed E-state index contributed by atoms with van der Waals surface area (Å²) in [4.78, 5) is 0. The van der Waals surface area contributed by atoms with Crippen molar-refractivity contribution >= 4 is 0 Å². The Bertz CT molecular complexity index is 562. The van der Waals surface area contributed by atoms with Crippen molar-refractivity contribution in [3.63, 3.8) is 0 Å². The molecule has 1 heteroatoms. The monoisotopic (exact) mass is 747 g/mol. The van der Waals surface area contributed by atoms with E-state index >= 15 is 0 Å². The van der Waals surface area contributed by atoms with E-state index < -0.39 is 0 Å². The lowest BCUT2D eigenvalue weighted by Gasteiger charge is -2.26. The first-order chi connectivity index (χ1) is 26.3. The van der Waals surface area contributed by atoms with Crippen LogP contribution < -0.4 is 0 Å². The van der Waals surface area contributed by atoms with Gasteiger partial charge in [-0.15, -0.1) is 0 Å². The summed E-state index contributed by atoms with van der Waals surface area (Å²) in [6.45, 7) is 9.30. The molecule has 320 valence electrons. The van der Waals surface area contributed by atoms with Gasteiger partial charge in [-0.2, -0.15) is 0 Å². The number of unbranched alkanes of at least 4 members (excludes halogenated alkanes) is 38. The van der Waals surface area contributed by atoms with Crippen LogP contribution in [0.15, 0.2) is 0 Å². The lowest BCUT2D eigenvalue weighted by molar-refractivity contribution is -0.0324. The smallest absolute Gasteiger partial charge is 0.0578 e. The molecule has 0 radical (unpaired) electrons. The van der Waals surface area contributed by atoms with Crippen LogP contribution in [0.5, 0.6) is 0 Å². The summed E-state index contributed by atoms with van der Waals surface area (Å²) in [5.74, 6) is 0. The van der Waals surface area contributed by atoms with Crippen molar-refractivity contribution in [3.05, 3.63) is 0 Å². The molecule has 0 saturated heterocycles. The Labute approximate surface area is 338 Å². The van der Waals surface area contributed by atoms with Gasteiger partial charge in [0.15, 0.2) is 0 Å². The molecule has 0 fully saturated rings. The third-order valence-corrected chi connectivity index (χ3v) is 12.4. The standard InChI is InChI=1S/C52H106O/c1-5-9-13-17-21-25-27-29-31-33-37-41-45-49-51(47-43-39-35-23-19-15-11-7-3)53-52(48-44-40-36-24-20-16-12-8-4)50-46-42-38-34-32-30-28-26-22-18-14-10-6-2/h51-52H,5-50H2,1-4H3. The maximum Gasteiger partial charge on any atom is 0.0578 e. The summed E-state index contributed by atoms with van der Waals surface area (Å²) < 4.78 is 7.18. The molecule has 0 bridgehead atoms. The maximum absolute atomic E-state index is 7.18. The van der Waals surface area contributed by atoms with Gasteiger partial charge in [-0.05, 0) is 25.7 Å². The van der Waals surface area contributed by atoms with E-state index in [9.17, 15) is 0 Å². The zero-order chi connectivity index (χ0) is 38.4. The van der Waals surface area contributed by atoms with Crippen LogP contribution in [0.3, 0.4) is 0 Å². The zero-order valence-electron chi connectivity index (χ0n) is 38.1. The van der Waals surface area contributed by atoms with Gasteiger partial charge in [-0.3, -0.25) is 0 Å². The summed E-state index contributed by atoms with van der Waals surface area (Å²) in [7, 11) is 0. The molecule has 53 heavy (non-hydrogen) atoms. The van der Waals surface area contributed by atoms with E-state index in [0.29, 0.717) is 12.2 Å². The van der Waals surface area contributed by atoms with Crippen molar-refractivity contribution < 1.29 is 4.74 Å². The summed E-state index contributed by atoms with van der Waals surface area (Å²) in [5, 5.41) is 0. The highest BCUT2D eigenvalue weighted by molar-refractivity contribution is 4.67. The van der Waals surface area contributed by atoms with Gasteiger partial charge in [0.1, 0.15) is 0 Å². The summed E-state index contributed by atoms with van der Waals surface area (Å²) in [6, 6.07) is 0. The molecule has 0 saturated carbocycles. The van der Waals surface area contributed by atoms with Gasteiger partial charge in [-0.1, -0.05) is 297 Å². The minimum absolute atomic E-state index is 0.517. The van der Waals surface area contributed by atoms with Crippen molar-refractivity contribution in [2.45, 2.75) is 335 Å². The van der Waals surface area contributed by atoms with Crippen LogP contribution in [0.4, 0.5) is 0 Å². The largest absolute Gasteiger partial charge is 0.375 e. The lowest BCUT2D eigenvalue weighted by Crippen LogP contribution is -2.23. The van der Waals surface area contributed by atoms with Crippen molar-refractivity contribution in [1.82, 2.24) is 0 Å². The van der Waals surface area contributed by atoms with Crippen LogP contribution in [0.25, 0.3) is 0 Å². The molecule has 0 heterocycles. The van der Waals surface area contributed by atoms with Crippen LogP contribution >= 0.6 is 0 Å². The zero-order valence-corrected chi connectivity index (χ0v) is 38.1. The predicted octanol–water partition coefficient (Wildman–Crippen LogP) is 19.8. The summed E-state index contributed by atoms with van der Waals surface area (Å²) in [6.07, 6.45) is 66.7. The van der Waals surface area contributed by atoms with E-state index in [0.717, 1.165) is 0 Å². The normalized spacial score (nSPS) is 12.9. The second kappa shape index (κ2) is 48.1. The molecule has 0 rings (SSSR count). The summed E-state index contributed by atoms with van der Waals surface area (Å²) in [5.41, 5.74) is 0. The first-order valence-electron chi connectivity index (χ1n) is 25.9. The third kappa shape index (κ3) is 44.5. The second-order valence-electron chi connectivity index (χ2n) is 18.0. The van der Waals surface area contributed by atoms with Crippen LogP contribution in [0.1, 0.15) is 323 Å². The molecule has 0 aliphatic carbocycles.